The van der Waals surface area contributed by atoms with Gasteiger partial charge >= 0.3 is 0 Å². The van der Waals surface area contributed by atoms with Crippen LogP contribution in [0, 0.1) is 5.82 Å². The monoisotopic (exact) mass is 442 g/mol. The van der Waals surface area contributed by atoms with Crippen molar-refractivity contribution in [2.45, 2.75) is 38.3 Å². The Labute approximate surface area is 185 Å². The van der Waals surface area contributed by atoms with Crippen LogP contribution in [0.15, 0.2) is 53.1 Å². The number of carbonyl (C=O) groups is 1. The second-order valence-electron chi connectivity index (χ2n) is 7.78. The lowest BCUT2D eigenvalue weighted by atomic mass is 9.96. The average molecular weight is 443 g/mol. The van der Waals surface area contributed by atoms with Crippen molar-refractivity contribution >= 4 is 17.5 Å². The van der Waals surface area contributed by atoms with E-state index in [9.17, 15) is 9.18 Å². The molecule has 1 aromatic heterocycles. The number of hydrogen-bond donors (Lipinski definition) is 1. The molecule has 2 heterocycles. The Morgan fingerprint density at radius 3 is 2.84 bits per heavy atom. The topological polar surface area (TPSA) is 71.3 Å². The molecule has 0 bridgehead atoms. The number of halogens is 2. The molecular formula is C23H24ClFN4O2. The van der Waals surface area contributed by atoms with Crippen LogP contribution in [0.2, 0.25) is 5.02 Å². The van der Waals surface area contributed by atoms with Crippen LogP contribution >= 0.6 is 11.6 Å². The molecule has 1 saturated heterocycles. The summed E-state index contributed by atoms with van der Waals surface area (Å²) in [5, 5.41) is 7.66. The molecule has 4 rings (SSSR count). The third-order valence-electron chi connectivity index (χ3n) is 5.68. The Bertz CT molecular complexity index is 1040. The van der Waals surface area contributed by atoms with Crippen LogP contribution in [0.1, 0.15) is 37.1 Å². The van der Waals surface area contributed by atoms with Crippen LogP contribution in [0.3, 0.4) is 0 Å². The summed E-state index contributed by atoms with van der Waals surface area (Å²) in [6.07, 6.45) is 1.84. The Morgan fingerprint density at radius 2 is 2.06 bits per heavy atom. The smallest absolute Gasteiger partial charge is 0.237 e. The van der Waals surface area contributed by atoms with Crippen molar-refractivity contribution in [2.24, 2.45) is 0 Å². The Balaban J connectivity index is 1.37. The Kier molecular flexibility index (Phi) is 6.63. The van der Waals surface area contributed by atoms with Gasteiger partial charge in [0.1, 0.15) is 5.82 Å². The predicted molar refractivity (Wildman–Crippen MR) is 116 cm³/mol. The van der Waals surface area contributed by atoms with Crippen LogP contribution in [0.4, 0.5) is 4.39 Å². The summed E-state index contributed by atoms with van der Waals surface area (Å²) in [6, 6.07) is 13.2. The van der Waals surface area contributed by atoms with E-state index in [1.54, 1.807) is 12.1 Å². The number of carbonyl (C=O) groups excluding carboxylic acids is 1. The maximum Gasteiger partial charge on any atom is 0.237 e. The molecular weight excluding hydrogens is 419 g/mol. The van der Waals surface area contributed by atoms with Gasteiger partial charge in [0.05, 0.1) is 12.0 Å². The molecule has 1 aliphatic rings. The highest BCUT2D eigenvalue weighted by Crippen LogP contribution is 2.28. The summed E-state index contributed by atoms with van der Waals surface area (Å²) in [7, 11) is 0. The Morgan fingerprint density at radius 1 is 1.29 bits per heavy atom. The fourth-order valence-electron chi connectivity index (χ4n) is 3.81. The van der Waals surface area contributed by atoms with Gasteiger partial charge in [0.15, 0.2) is 0 Å². The second kappa shape index (κ2) is 9.58. The first kappa shape index (κ1) is 21.5. The second-order valence-corrected chi connectivity index (χ2v) is 8.19. The van der Waals surface area contributed by atoms with Gasteiger partial charge in [-0.3, -0.25) is 9.69 Å². The third-order valence-corrected chi connectivity index (χ3v) is 6.05. The van der Waals surface area contributed by atoms with Crippen molar-refractivity contribution in [3.8, 4) is 11.4 Å². The molecule has 0 radical (unpaired) electrons. The fourth-order valence-corrected chi connectivity index (χ4v) is 4.02. The van der Waals surface area contributed by atoms with Crippen LogP contribution in [0.25, 0.3) is 11.4 Å². The molecule has 6 nitrogen and oxygen atoms in total. The molecule has 8 heteroatoms. The van der Waals surface area contributed by atoms with E-state index in [1.165, 1.54) is 12.1 Å². The lowest BCUT2D eigenvalue weighted by Crippen LogP contribution is -2.48. The molecule has 0 spiro atoms. The van der Waals surface area contributed by atoms with Crippen LogP contribution in [0.5, 0.6) is 0 Å². The molecule has 0 saturated carbocycles. The molecule has 162 valence electrons. The van der Waals surface area contributed by atoms with Crippen molar-refractivity contribution in [1.29, 1.82) is 0 Å². The zero-order valence-electron chi connectivity index (χ0n) is 17.2. The van der Waals surface area contributed by atoms with Crippen molar-refractivity contribution in [2.75, 3.05) is 13.1 Å². The molecule has 1 N–H and O–H groups in total. The number of benzene rings is 2. The molecule has 1 amide bonds. The molecule has 0 aliphatic carbocycles. The van der Waals surface area contributed by atoms with Gasteiger partial charge in [-0.2, -0.15) is 4.98 Å². The van der Waals surface area contributed by atoms with Gasteiger partial charge in [-0.15, -0.1) is 0 Å². The zero-order valence-corrected chi connectivity index (χ0v) is 18.0. The van der Waals surface area contributed by atoms with Crippen LogP contribution in [-0.4, -0.2) is 40.1 Å². The van der Waals surface area contributed by atoms with Crippen LogP contribution in [-0.2, 0) is 11.3 Å². The standard InChI is InChI=1S/C23H24ClFN4O2/c1-15(22(30)26-13-17-5-2-3-7-20(17)24)29-12-4-6-18(14-29)23-27-21(28-31-23)16-8-10-19(25)11-9-16/h2-3,5,7-11,15,18H,4,6,12-14H2,1H3,(H,26,30). The van der Waals surface area contributed by atoms with E-state index in [1.807, 2.05) is 31.2 Å². The molecule has 2 unspecified atom stereocenters. The molecule has 3 aromatic rings. The van der Waals surface area contributed by atoms with E-state index in [-0.39, 0.29) is 23.7 Å². The quantitative estimate of drug-likeness (QED) is 0.612. The summed E-state index contributed by atoms with van der Waals surface area (Å²) in [6.45, 7) is 3.79. The van der Waals surface area contributed by atoms with Gasteiger partial charge in [-0.25, -0.2) is 4.39 Å². The maximum atomic E-state index is 13.1. The largest absolute Gasteiger partial charge is 0.351 e. The van der Waals surface area contributed by atoms with E-state index in [0.29, 0.717) is 35.4 Å². The van der Waals surface area contributed by atoms with E-state index < -0.39 is 0 Å². The number of hydrogen-bond acceptors (Lipinski definition) is 5. The molecule has 31 heavy (non-hydrogen) atoms. The van der Waals surface area contributed by atoms with E-state index in [4.69, 9.17) is 16.1 Å². The lowest BCUT2D eigenvalue weighted by Gasteiger charge is -2.34. The number of piperidine rings is 1. The maximum absolute atomic E-state index is 13.1. The van der Waals surface area contributed by atoms with Gasteiger partial charge in [0.25, 0.3) is 0 Å². The first-order chi connectivity index (χ1) is 15.0. The fraction of sp³-hybridized carbons (Fsp3) is 0.348. The van der Waals surface area contributed by atoms with Gasteiger partial charge in [0, 0.05) is 23.7 Å². The zero-order chi connectivity index (χ0) is 21.8. The first-order valence-corrected chi connectivity index (χ1v) is 10.7. The SMILES string of the molecule is CC(C(=O)NCc1ccccc1Cl)N1CCCC(c2nc(-c3ccc(F)cc3)no2)C1. The molecule has 1 aliphatic heterocycles. The van der Waals surface area contributed by atoms with Gasteiger partial charge in [-0.05, 0) is 62.2 Å². The highest BCUT2D eigenvalue weighted by molar-refractivity contribution is 6.31. The summed E-state index contributed by atoms with van der Waals surface area (Å²) < 4.78 is 18.6. The van der Waals surface area contributed by atoms with E-state index in [2.05, 4.69) is 20.4 Å². The van der Waals surface area contributed by atoms with Crippen molar-refractivity contribution in [3.63, 3.8) is 0 Å². The summed E-state index contributed by atoms with van der Waals surface area (Å²) in [5.74, 6) is 0.690. The van der Waals surface area contributed by atoms with Crippen molar-refractivity contribution in [1.82, 2.24) is 20.4 Å². The predicted octanol–water partition coefficient (Wildman–Crippen LogP) is 4.41. The minimum absolute atomic E-state index is 0.0434. The van der Waals surface area contributed by atoms with Crippen LogP contribution < -0.4 is 5.32 Å². The third kappa shape index (κ3) is 5.11. The van der Waals surface area contributed by atoms with E-state index >= 15 is 0 Å². The highest BCUT2D eigenvalue weighted by Gasteiger charge is 2.31. The van der Waals surface area contributed by atoms with Crippen molar-refractivity contribution in [3.05, 3.63) is 70.8 Å². The van der Waals surface area contributed by atoms with E-state index in [0.717, 1.165) is 24.9 Å². The number of aromatic nitrogens is 2. The number of nitrogens with zero attached hydrogens (tertiary/aromatic N) is 3. The van der Waals surface area contributed by atoms with Gasteiger partial charge in [0.2, 0.25) is 17.6 Å². The van der Waals surface area contributed by atoms with Gasteiger partial charge in [-0.1, -0.05) is 35.0 Å². The van der Waals surface area contributed by atoms with Gasteiger partial charge < -0.3 is 9.84 Å². The minimum Gasteiger partial charge on any atom is -0.351 e. The number of amides is 1. The molecule has 2 atom stereocenters. The normalized spacial score (nSPS) is 18.0. The summed E-state index contributed by atoms with van der Waals surface area (Å²) in [4.78, 5) is 19.4. The lowest BCUT2D eigenvalue weighted by molar-refractivity contribution is -0.126. The highest BCUT2D eigenvalue weighted by atomic mass is 35.5. The average Bonchev–Trinajstić information content (AvgIpc) is 3.29. The summed E-state index contributed by atoms with van der Waals surface area (Å²) in [5.41, 5.74) is 1.59. The Hall–Kier alpha value is -2.77. The molecule has 2 aromatic carbocycles. The number of rotatable bonds is 6. The molecule has 1 fully saturated rings. The first-order valence-electron chi connectivity index (χ1n) is 10.4. The number of nitrogens with one attached hydrogen (secondary N) is 1. The van der Waals surface area contributed by atoms with Crippen molar-refractivity contribution < 1.29 is 13.7 Å². The number of likely N-dealkylation sites (tertiary alicyclic amines) is 1. The minimum atomic E-state index is -0.308. The summed E-state index contributed by atoms with van der Waals surface area (Å²) >= 11 is 6.17.